The van der Waals surface area contributed by atoms with Crippen molar-refractivity contribution in [2.45, 2.75) is 39.7 Å². The van der Waals surface area contributed by atoms with Gasteiger partial charge in [0.05, 0.1) is 12.5 Å². The molecule has 2 aromatic carbocycles. The van der Waals surface area contributed by atoms with Crippen molar-refractivity contribution in [1.82, 2.24) is 0 Å². The van der Waals surface area contributed by atoms with Crippen LogP contribution in [0.5, 0.6) is 0 Å². The van der Waals surface area contributed by atoms with Crippen molar-refractivity contribution in [2.75, 3.05) is 16.8 Å². The third kappa shape index (κ3) is 6.98. The fourth-order valence-corrected chi connectivity index (χ4v) is 2.94. The molecule has 2 rings (SSSR count). The Kier molecular flexibility index (Phi) is 9.69. The minimum Gasteiger partial charge on any atom is -0.325 e. The van der Waals surface area contributed by atoms with Crippen LogP contribution in [-0.4, -0.2) is 24.4 Å². The van der Waals surface area contributed by atoms with Crippen molar-refractivity contribution >= 4 is 35.6 Å². The maximum atomic E-state index is 12.6. The molecule has 0 aliphatic carbocycles. The van der Waals surface area contributed by atoms with Crippen molar-refractivity contribution in [2.24, 2.45) is 11.7 Å². The lowest BCUT2D eigenvalue weighted by Gasteiger charge is -2.21. The van der Waals surface area contributed by atoms with Gasteiger partial charge in [0.15, 0.2) is 0 Å². The van der Waals surface area contributed by atoms with Crippen LogP contribution in [0, 0.1) is 5.92 Å². The molecule has 1 atom stereocenters. The molecule has 5 nitrogen and oxygen atoms in total. The highest BCUT2D eigenvalue weighted by molar-refractivity contribution is 5.96. The van der Waals surface area contributed by atoms with E-state index in [-0.39, 0.29) is 24.2 Å². The van der Waals surface area contributed by atoms with Crippen molar-refractivity contribution < 1.29 is 9.59 Å². The Balaban J connectivity index is 0.00000392. The lowest BCUT2D eigenvalue weighted by Crippen LogP contribution is -2.36. The summed E-state index contributed by atoms with van der Waals surface area (Å²) in [6.45, 7) is 6.65. The van der Waals surface area contributed by atoms with Crippen LogP contribution in [0.2, 0.25) is 0 Å². The molecule has 0 bridgehead atoms. The normalized spacial score (nSPS) is 11.5. The fraction of sp³-hybridized carbons (Fsp3) is 0.364. The van der Waals surface area contributed by atoms with E-state index in [2.05, 4.69) is 5.32 Å². The van der Waals surface area contributed by atoms with Gasteiger partial charge in [-0.3, -0.25) is 9.59 Å². The molecular formula is C22H30ClN3O2. The van der Waals surface area contributed by atoms with Crippen LogP contribution >= 0.6 is 12.4 Å². The minimum absolute atomic E-state index is 0. The van der Waals surface area contributed by atoms with E-state index in [1.165, 1.54) is 0 Å². The highest BCUT2D eigenvalue weighted by Crippen LogP contribution is 2.16. The number of nitrogens with two attached hydrogens (primary N) is 1. The van der Waals surface area contributed by atoms with E-state index in [0.717, 1.165) is 11.3 Å². The molecule has 6 heteroatoms. The number of amides is 2. The van der Waals surface area contributed by atoms with Crippen molar-refractivity contribution in [3.05, 3.63) is 60.2 Å². The molecule has 0 saturated carbocycles. The summed E-state index contributed by atoms with van der Waals surface area (Å²) in [5.41, 5.74) is 8.39. The van der Waals surface area contributed by atoms with E-state index >= 15 is 0 Å². The van der Waals surface area contributed by atoms with Gasteiger partial charge in [-0.05, 0) is 49.1 Å². The smallest absolute Gasteiger partial charge is 0.241 e. The van der Waals surface area contributed by atoms with E-state index in [9.17, 15) is 9.59 Å². The molecule has 0 aliphatic heterocycles. The minimum atomic E-state index is -0.518. The summed E-state index contributed by atoms with van der Waals surface area (Å²) in [6.07, 6.45) is 0.953. The molecule has 0 fully saturated rings. The zero-order valence-corrected chi connectivity index (χ0v) is 17.5. The molecule has 0 heterocycles. The Bertz CT molecular complexity index is 748. The summed E-state index contributed by atoms with van der Waals surface area (Å²) in [5, 5.41) is 2.83. The van der Waals surface area contributed by atoms with E-state index in [4.69, 9.17) is 5.73 Å². The molecule has 0 aromatic heterocycles. The zero-order chi connectivity index (χ0) is 19.8. The topological polar surface area (TPSA) is 75.4 Å². The van der Waals surface area contributed by atoms with Gasteiger partial charge >= 0.3 is 0 Å². The van der Waals surface area contributed by atoms with Crippen molar-refractivity contribution in [3.63, 3.8) is 0 Å². The number of carbonyl (C=O) groups is 2. The Labute approximate surface area is 173 Å². The molecule has 0 spiro atoms. The van der Waals surface area contributed by atoms with Crippen LogP contribution in [0.1, 0.15) is 32.8 Å². The van der Waals surface area contributed by atoms with E-state index in [1.807, 2.05) is 63.2 Å². The van der Waals surface area contributed by atoms with Crippen LogP contribution in [0.25, 0.3) is 0 Å². The predicted molar refractivity (Wildman–Crippen MR) is 118 cm³/mol. The summed E-state index contributed by atoms with van der Waals surface area (Å²) in [4.78, 5) is 26.5. The van der Waals surface area contributed by atoms with Gasteiger partial charge in [0, 0.05) is 17.9 Å². The van der Waals surface area contributed by atoms with Gasteiger partial charge in [0.2, 0.25) is 11.8 Å². The molecule has 0 radical (unpaired) electrons. The van der Waals surface area contributed by atoms with Gasteiger partial charge in [-0.2, -0.15) is 0 Å². The molecule has 28 heavy (non-hydrogen) atoms. The number of hydrogen-bond donors (Lipinski definition) is 2. The first kappa shape index (κ1) is 23.7. The third-order valence-corrected chi connectivity index (χ3v) is 4.32. The molecule has 3 N–H and O–H groups in total. The number of anilines is 2. The van der Waals surface area contributed by atoms with Gasteiger partial charge < -0.3 is 16.0 Å². The summed E-state index contributed by atoms with van der Waals surface area (Å²) in [7, 11) is 0. The number of hydrogen-bond acceptors (Lipinski definition) is 3. The van der Waals surface area contributed by atoms with E-state index in [0.29, 0.717) is 31.0 Å². The second kappa shape index (κ2) is 11.5. The van der Waals surface area contributed by atoms with E-state index < -0.39 is 6.04 Å². The highest BCUT2D eigenvalue weighted by atomic mass is 35.5. The number of likely N-dealkylation sites (N-methyl/N-ethyl adjacent to an activating group) is 1. The standard InChI is InChI=1S/C22H29N3O2.ClH/c1-4-25(19-8-6-5-7-9-19)21(26)15-17-10-12-18(13-11-17)24-22(27)20(23)14-16(2)3;/h5-13,16,20H,4,14-15,23H2,1-3H3,(H,24,27);1H/t20-;/m0./s1. The second-order valence-electron chi connectivity index (χ2n) is 7.07. The molecule has 0 unspecified atom stereocenters. The number of carbonyl (C=O) groups excluding carboxylic acids is 2. The quantitative estimate of drug-likeness (QED) is 0.699. The largest absolute Gasteiger partial charge is 0.325 e. The SMILES string of the molecule is CCN(C(=O)Cc1ccc(NC(=O)[C@@H](N)CC(C)C)cc1)c1ccccc1.Cl. The second-order valence-corrected chi connectivity index (χ2v) is 7.07. The van der Waals surface area contributed by atoms with Crippen LogP contribution < -0.4 is 16.0 Å². The fourth-order valence-electron chi connectivity index (χ4n) is 2.94. The first-order valence-corrected chi connectivity index (χ1v) is 9.41. The van der Waals surface area contributed by atoms with Crippen molar-refractivity contribution in [1.29, 1.82) is 0 Å². The number of halogens is 1. The summed E-state index contributed by atoms with van der Waals surface area (Å²) in [6, 6.07) is 16.5. The van der Waals surface area contributed by atoms with Gasteiger partial charge in [-0.15, -0.1) is 12.4 Å². The molecule has 0 saturated heterocycles. The maximum absolute atomic E-state index is 12.6. The van der Waals surface area contributed by atoms with Crippen LogP contribution in [0.4, 0.5) is 11.4 Å². The van der Waals surface area contributed by atoms with Gasteiger partial charge in [-0.1, -0.05) is 44.2 Å². The zero-order valence-electron chi connectivity index (χ0n) is 16.7. The number of nitrogens with zero attached hydrogens (tertiary/aromatic N) is 1. The Morgan fingerprint density at radius 1 is 1.04 bits per heavy atom. The number of benzene rings is 2. The highest BCUT2D eigenvalue weighted by Gasteiger charge is 2.16. The molecule has 2 amide bonds. The predicted octanol–water partition coefficient (Wildman–Crippen LogP) is 4.02. The lowest BCUT2D eigenvalue weighted by molar-refractivity contribution is -0.118. The van der Waals surface area contributed by atoms with Gasteiger partial charge in [0.25, 0.3) is 0 Å². The molecule has 2 aromatic rings. The van der Waals surface area contributed by atoms with Crippen LogP contribution in [-0.2, 0) is 16.0 Å². The van der Waals surface area contributed by atoms with E-state index in [1.54, 1.807) is 17.0 Å². The first-order chi connectivity index (χ1) is 12.9. The third-order valence-electron chi connectivity index (χ3n) is 4.32. The lowest BCUT2D eigenvalue weighted by atomic mass is 10.0. The monoisotopic (exact) mass is 403 g/mol. The summed E-state index contributed by atoms with van der Waals surface area (Å²) < 4.78 is 0. The average Bonchev–Trinajstić information content (AvgIpc) is 2.64. The Hall–Kier alpha value is -2.37. The number of rotatable bonds is 8. The van der Waals surface area contributed by atoms with Crippen LogP contribution in [0.3, 0.4) is 0 Å². The number of nitrogens with one attached hydrogen (secondary N) is 1. The Morgan fingerprint density at radius 2 is 1.64 bits per heavy atom. The molecule has 152 valence electrons. The van der Waals surface area contributed by atoms with Crippen LogP contribution in [0.15, 0.2) is 54.6 Å². The number of para-hydroxylation sites is 1. The summed E-state index contributed by atoms with van der Waals surface area (Å²) in [5.74, 6) is 0.221. The van der Waals surface area contributed by atoms with Gasteiger partial charge in [0.1, 0.15) is 0 Å². The molecule has 0 aliphatic rings. The molecular weight excluding hydrogens is 374 g/mol. The van der Waals surface area contributed by atoms with Crippen molar-refractivity contribution in [3.8, 4) is 0 Å². The summed E-state index contributed by atoms with van der Waals surface area (Å²) >= 11 is 0. The maximum Gasteiger partial charge on any atom is 0.241 e. The first-order valence-electron chi connectivity index (χ1n) is 9.41. The average molecular weight is 404 g/mol. The Morgan fingerprint density at radius 3 is 2.18 bits per heavy atom. The van der Waals surface area contributed by atoms with Gasteiger partial charge in [-0.25, -0.2) is 0 Å².